The summed E-state index contributed by atoms with van der Waals surface area (Å²) in [5, 5.41) is 11.7. The van der Waals surface area contributed by atoms with Crippen LogP contribution in [0.4, 0.5) is 0 Å². The molecule has 2 heterocycles. The average molecular weight is 407 g/mol. The first-order valence-electron chi connectivity index (χ1n) is 8.25. The zero-order valence-electron chi connectivity index (χ0n) is 14.3. The second-order valence-corrected chi connectivity index (χ2v) is 7.57. The van der Waals surface area contributed by atoms with Crippen molar-refractivity contribution in [2.45, 2.75) is 0 Å². The maximum absolute atomic E-state index is 12.8. The molecule has 4 rings (SSSR count). The van der Waals surface area contributed by atoms with E-state index >= 15 is 0 Å². The highest BCUT2D eigenvalue weighted by molar-refractivity contribution is 8.26. The van der Waals surface area contributed by atoms with Crippen LogP contribution in [0.25, 0.3) is 17.0 Å². The van der Waals surface area contributed by atoms with Crippen LogP contribution in [0.1, 0.15) is 15.9 Å². The third-order valence-corrected chi connectivity index (χ3v) is 5.43. The Morgan fingerprint density at radius 3 is 2.71 bits per heavy atom. The lowest BCUT2D eigenvalue weighted by atomic mass is 10.1. The van der Waals surface area contributed by atoms with Crippen molar-refractivity contribution < 1.29 is 14.7 Å². The number of phenolic OH excluding ortho intramolecular Hbond substituents is 1. The van der Waals surface area contributed by atoms with E-state index in [-0.39, 0.29) is 15.6 Å². The summed E-state index contributed by atoms with van der Waals surface area (Å²) in [6.07, 6.45) is 3.41. The molecule has 0 unspecified atom stereocenters. The van der Waals surface area contributed by atoms with Crippen LogP contribution in [0.2, 0.25) is 0 Å². The zero-order valence-corrected chi connectivity index (χ0v) is 16.0. The van der Waals surface area contributed by atoms with Gasteiger partial charge in [0.1, 0.15) is 5.75 Å². The zero-order chi connectivity index (χ0) is 19.7. The van der Waals surface area contributed by atoms with Gasteiger partial charge in [-0.25, -0.2) is 0 Å². The van der Waals surface area contributed by atoms with Gasteiger partial charge in [0.15, 0.2) is 4.32 Å². The van der Waals surface area contributed by atoms with Gasteiger partial charge in [-0.15, -0.1) is 0 Å². The number of aromatic hydroxyl groups is 1. The number of rotatable bonds is 3. The number of para-hydroxylation sites is 2. The van der Waals surface area contributed by atoms with Gasteiger partial charge in [-0.2, -0.15) is 5.01 Å². The summed E-state index contributed by atoms with van der Waals surface area (Å²) in [7, 11) is 0. The molecule has 28 heavy (non-hydrogen) atoms. The lowest BCUT2D eigenvalue weighted by molar-refractivity contribution is -0.123. The lowest BCUT2D eigenvalue weighted by Gasteiger charge is -2.16. The van der Waals surface area contributed by atoms with Gasteiger partial charge in [0, 0.05) is 11.6 Å². The number of hydrogen-bond donors (Lipinski definition) is 2. The predicted octanol–water partition coefficient (Wildman–Crippen LogP) is 3.49. The fourth-order valence-corrected chi connectivity index (χ4v) is 3.95. The standard InChI is InChI=1S/C20H13N3O3S2/c24-16-8-4-2-6-14(16)18(25)22-23-19(26)17(28-20(23)27)11-12-9-10-21-15-7-3-1-5-13(12)15/h1-11,24H,(H,22,25)/b17-11-. The van der Waals surface area contributed by atoms with Crippen molar-refractivity contribution in [2.24, 2.45) is 0 Å². The molecule has 2 amide bonds. The molecule has 2 N–H and O–H groups in total. The number of thioether (sulfide) groups is 1. The number of carbonyl (C=O) groups excluding carboxylic acids is 2. The van der Waals surface area contributed by atoms with E-state index in [4.69, 9.17) is 12.2 Å². The number of benzene rings is 2. The fourth-order valence-electron chi connectivity index (χ4n) is 2.78. The minimum atomic E-state index is -0.620. The Morgan fingerprint density at radius 2 is 1.89 bits per heavy atom. The van der Waals surface area contributed by atoms with Gasteiger partial charge in [0.25, 0.3) is 11.8 Å². The van der Waals surface area contributed by atoms with Gasteiger partial charge in [-0.1, -0.05) is 42.1 Å². The van der Waals surface area contributed by atoms with E-state index in [1.54, 1.807) is 24.4 Å². The first-order valence-corrected chi connectivity index (χ1v) is 9.48. The van der Waals surface area contributed by atoms with Crippen molar-refractivity contribution in [3.8, 4) is 5.75 Å². The van der Waals surface area contributed by atoms with Gasteiger partial charge in [-0.05, 0) is 48.1 Å². The van der Waals surface area contributed by atoms with Crippen molar-refractivity contribution in [2.75, 3.05) is 0 Å². The number of hydrogen-bond acceptors (Lipinski definition) is 6. The number of thiocarbonyl (C=S) groups is 1. The second-order valence-electron chi connectivity index (χ2n) is 5.89. The first kappa shape index (κ1) is 18.1. The Bertz CT molecular complexity index is 1150. The normalized spacial score (nSPS) is 15.4. The summed E-state index contributed by atoms with van der Waals surface area (Å²) in [5.74, 6) is -1.23. The molecule has 0 spiro atoms. The number of aromatic nitrogens is 1. The largest absolute Gasteiger partial charge is 0.507 e. The summed E-state index contributed by atoms with van der Waals surface area (Å²) >= 11 is 6.34. The Morgan fingerprint density at radius 1 is 1.14 bits per heavy atom. The Balaban J connectivity index is 1.61. The van der Waals surface area contributed by atoms with Crippen LogP contribution in [0.15, 0.2) is 65.7 Å². The number of hydrazine groups is 1. The summed E-state index contributed by atoms with van der Waals surface area (Å²) in [6.45, 7) is 0. The van der Waals surface area contributed by atoms with E-state index < -0.39 is 11.8 Å². The van der Waals surface area contributed by atoms with E-state index in [9.17, 15) is 14.7 Å². The molecule has 0 saturated carbocycles. The van der Waals surface area contributed by atoms with Crippen LogP contribution >= 0.6 is 24.0 Å². The Hall–Kier alpha value is -3.23. The third-order valence-electron chi connectivity index (χ3n) is 4.13. The molecule has 1 fully saturated rings. The molecule has 138 valence electrons. The molecule has 0 bridgehead atoms. The number of nitrogens with zero attached hydrogens (tertiary/aromatic N) is 2. The number of phenols is 1. The van der Waals surface area contributed by atoms with Gasteiger partial charge >= 0.3 is 0 Å². The molecule has 3 aromatic rings. The fraction of sp³-hybridized carbons (Fsp3) is 0. The molecule has 1 aromatic heterocycles. The summed E-state index contributed by atoms with van der Waals surface area (Å²) in [4.78, 5) is 29.9. The molecule has 8 heteroatoms. The number of carbonyl (C=O) groups is 2. The maximum atomic E-state index is 12.8. The summed E-state index contributed by atoms with van der Waals surface area (Å²) < 4.78 is 0.207. The highest BCUT2D eigenvalue weighted by atomic mass is 32.2. The van der Waals surface area contributed by atoms with Crippen LogP contribution in [-0.2, 0) is 4.79 Å². The van der Waals surface area contributed by atoms with Crippen LogP contribution in [-0.4, -0.2) is 31.2 Å². The molecule has 1 aliphatic rings. The Kier molecular flexibility index (Phi) is 4.81. The monoisotopic (exact) mass is 407 g/mol. The number of amides is 2. The molecule has 1 saturated heterocycles. The molecule has 6 nitrogen and oxygen atoms in total. The van der Waals surface area contributed by atoms with Crippen molar-refractivity contribution in [1.82, 2.24) is 15.4 Å². The number of pyridine rings is 1. The highest BCUT2D eigenvalue weighted by Gasteiger charge is 2.34. The molecular formula is C20H13N3O3S2. The predicted molar refractivity (Wildman–Crippen MR) is 112 cm³/mol. The van der Waals surface area contributed by atoms with Gasteiger partial charge < -0.3 is 5.11 Å². The minimum Gasteiger partial charge on any atom is -0.507 e. The third kappa shape index (κ3) is 3.35. The van der Waals surface area contributed by atoms with Crippen LogP contribution in [0.5, 0.6) is 5.75 Å². The highest BCUT2D eigenvalue weighted by Crippen LogP contribution is 2.33. The van der Waals surface area contributed by atoms with E-state index in [0.717, 1.165) is 33.2 Å². The van der Waals surface area contributed by atoms with E-state index in [1.807, 2.05) is 30.3 Å². The first-order chi connectivity index (χ1) is 13.5. The summed E-state index contributed by atoms with van der Waals surface area (Å²) in [6, 6.07) is 15.5. The number of fused-ring (bicyclic) bond motifs is 1. The molecule has 0 aliphatic carbocycles. The van der Waals surface area contributed by atoms with Crippen LogP contribution in [0.3, 0.4) is 0 Å². The van der Waals surface area contributed by atoms with Gasteiger partial charge in [-0.3, -0.25) is 20.0 Å². The maximum Gasteiger partial charge on any atom is 0.285 e. The van der Waals surface area contributed by atoms with Crippen molar-refractivity contribution in [1.29, 1.82) is 0 Å². The van der Waals surface area contributed by atoms with Crippen molar-refractivity contribution in [3.05, 3.63) is 76.8 Å². The topological polar surface area (TPSA) is 82.5 Å². The molecule has 1 aliphatic heterocycles. The van der Waals surface area contributed by atoms with Crippen LogP contribution < -0.4 is 5.43 Å². The summed E-state index contributed by atoms with van der Waals surface area (Å²) in [5.41, 5.74) is 4.16. The quantitative estimate of drug-likeness (QED) is 0.511. The Labute approximate surface area is 169 Å². The number of nitrogens with one attached hydrogen (secondary N) is 1. The van der Waals surface area contributed by atoms with Gasteiger partial charge in [0.2, 0.25) is 0 Å². The van der Waals surface area contributed by atoms with E-state index in [2.05, 4.69) is 10.4 Å². The van der Waals surface area contributed by atoms with Gasteiger partial charge in [0.05, 0.1) is 16.0 Å². The second kappa shape index (κ2) is 7.41. The average Bonchev–Trinajstić information content (AvgIpc) is 2.96. The van der Waals surface area contributed by atoms with Crippen molar-refractivity contribution in [3.63, 3.8) is 0 Å². The SMILES string of the molecule is O=C(NN1C(=O)/C(=C/c2ccnc3ccccc23)SC1=S)c1ccccc1O. The van der Waals surface area contributed by atoms with Crippen LogP contribution in [0, 0.1) is 0 Å². The van der Waals surface area contributed by atoms with E-state index in [0.29, 0.717) is 4.91 Å². The van der Waals surface area contributed by atoms with E-state index in [1.165, 1.54) is 12.1 Å². The smallest absolute Gasteiger partial charge is 0.285 e. The molecule has 2 aromatic carbocycles. The van der Waals surface area contributed by atoms with Crippen molar-refractivity contribution >= 4 is 57.1 Å². The molecule has 0 radical (unpaired) electrons. The molecule has 0 atom stereocenters. The minimum absolute atomic E-state index is 0.0562. The lowest BCUT2D eigenvalue weighted by Crippen LogP contribution is -2.44. The molecular weight excluding hydrogens is 394 g/mol.